The average Bonchev–Trinajstić information content (AvgIpc) is 3.20. The Bertz CT molecular complexity index is 873. The highest BCUT2D eigenvalue weighted by Gasteiger charge is 2.38. The Morgan fingerprint density at radius 1 is 1.25 bits per heavy atom. The van der Waals surface area contributed by atoms with Gasteiger partial charge in [-0.05, 0) is 25.5 Å². The van der Waals surface area contributed by atoms with Crippen molar-refractivity contribution in [3.63, 3.8) is 0 Å². The molecular formula is C17H19N5O2. The number of aryl methyl sites for hydroxylation is 2. The lowest BCUT2D eigenvalue weighted by Gasteiger charge is -2.24. The molecule has 1 aromatic carbocycles. The predicted octanol–water partition coefficient (Wildman–Crippen LogP) is 2.60. The zero-order chi connectivity index (χ0) is 16.7. The molecule has 0 aliphatic carbocycles. The third-order valence-corrected chi connectivity index (χ3v) is 4.55. The highest BCUT2D eigenvalue weighted by Crippen LogP contribution is 2.38. The van der Waals surface area contributed by atoms with Crippen molar-refractivity contribution in [2.45, 2.75) is 32.4 Å². The number of fused-ring (bicyclic) bond motifs is 1. The SMILES string of the molecule is COC1CC(c2nc(C)no2)N(c2ncnc3cccc(C)c23)C1. The molecule has 0 spiro atoms. The Morgan fingerprint density at radius 3 is 2.88 bits per heavy atom. The topological polar surface area (TPSA) is 77.2 Å². The molecule has 4 rings (SSSR count). The third-order valence-electron chi connectivity index (χ3n) is 4.55. The van der Waals surface area contributed by atoms with Crippen LogP contribution in [0.5, 0.6) is 0 Å². The Kier molecular flexibility index (Phi) is 3.65. The van der Waals surface area contributed by atoms with Gasteiger partial charge in [-0.3, -0.25) is 0 Å². The first kappa shape index (κ1) is 15.0. The van der Waals surface area contributed by atoms with Crippen molar-refractivity contribution in [3.8, 4) is 0 Å². The van der Waals surface area contributed by atoms with Crippen LogP contribution >= 0.6 is 0 Å². The van der Waals surface area contributed by atoms with E-state index in [1.807, 2.05) is 19.1 Å². The van der Waals surface area contributed by atoms with Gasteiger partial charge in [0.1, 0.15) is 18.2 Å². The van der Waals surface area contributed by atoms with Crippen molar-refractivity contribution in [1.29, 1.82) is 0 Å². The zero-order valence-corrected chi connectivity index (χ0v) is 13.9. The quantitative estimate of drug-likeness (QED) is 0.732. The molecule has 1 fully saturated rings. The van der Waals surface area contributed by atoms with Gasteiger partial charge in [0.25, 0.3) is 0 Å². The molecule has 2 atom stereocenters. The van der Waals surface area contributed by atoms with Gasteiger partial charge in [-0.15, -0.1) is 0 Å². The fourth-order valence-electron chi connectivity index (χ4n) is 3.36. The van der Waals surface area contributed by atoms with Crippen molar-refractivity contribution in [3.05, 3.63) is 41.8 Å². The van der Waals surface area contributed by atoms with E-state index in [0.717, 1.165) is 35.2 Å². The Morgan fingerprint density at radius 2 is 2.12 bits per heavy atom. The molecule has 3 aromatic rings. The van der Waals surface area contributed by atoms with Crippen molar-refractivity contribution in [2.75, 3.05) is 18.6 Å². The van der Waals surface area contributed by atoms with E-state index < -0.39 is 0 Å². The van der Waals surface area contributed by atoms with Gasteiger partial charge in [0.05, 0.1) is 11.6 Å². The molecule has 2 unspecified atom stereocenters. The minimum absolute atomic E-state index is 0.0474. The van der Waals surface area contributed by atoms with Crippen molar-refractivity contribution in [2.24, 2.45) is 0 Å². The monoisotopic (exact) mass is 325 g/mol. The van der Waals surface area contributed by atoms with E-state index in [1.165, 1.54) is 0 Å². The van der Waals surface area contributed by atoms with E-state index in [1.54, 1.807) is 13.4 Å². The summed E-state index contributed by atoms with van der Waals surface area (Å²) in [6, 6.07) is 6.04. The van der Waals surface area contributed by atoms with Crippen molar-refractivity contribution in [1.82, 2.24) is 20.1 Å². The van der Waals surface area contributed by atoms with Gasteiger partial charge in [0.15, 0.2) is 5.82 Å². The molecule has 0 amide bonds. The van der Waals surface area contributed by atoms with Gasteiger partial charge < -0.3 is 14.2 Å². The van der Waals surface area contributed by atoms with Gasteiger partial charge in [0.2, 0.25) is 5.89 Å². The van der Waals surface area contributed by atoms with Gasteiger partial charge in [-0.25, -0.2) is 9.97 Å². The molecule has 0 saturated carbocycles. The van der Waals surface area contributed by atoms with E-state index in [9.17, 15) is 0 Å². The summed E-state index contributed by atoms with van der Waals surface area (Å²) in [4.78, 5) is 15.6. The van der Waals surface area contributed by atoms with Crippen LogP contribution in [0.15, 0.2) is 29.0 Å². The second kappa shape index (κ2) is 5.83. The van der Waals surface area contributed by atoms with Crippen LogP contribution in [-0.4, -0.2) is 39.9 Å². The highest BCUT2D eigenvalue weighted by atomic mass is 16.5. The minimum Gasteiger partial charge on any atom is -0.380 e. The molecule has 1 aliphatic rings. The van der Waals surface area contributed by atoms with Gasteiger partial charge in [-0.2, -0.15) is 4.98 Å². The molecule has 3 heterocycles. The summed E-state index contributed by atoms with van der Waals surface area (Å²) in [5, 5.41) is 4.99. The molecule has 2 aromatic heterocycles. The number of nitrogens with zero attached hydrogens (tertiary/aromatic N) is 5. The molecule has 0 N–H and O–H groups in total. The molecule has 1 aliphatic heterocycles. The van der Waals surface area contributed by atoms with E-state index in [-0.39, 0.29) is 12.1 Å². The maximum Gasteiger partial charge on any atom is 0.249 e. The summed E-state index contributed by atoms with van der Waals surface area (Å²) in [5.41, 5.74) is 2.07. The fraction of sp³-hybridized carbons (Fsp3) is 0.412. The van der Waals surface area contributed by atoms with Crippen molar-refractivity contribution >= 4 is 16.7 Å². The number of hydrogen-bond donors (Lipinski definition) is 0. The summed E-state index contributed by atoms with van der Waals surface area (Å²) in [7, 11) is 1.73. The maximum atomic E-state index is 5.59. The largest absolute Gasteiger partial charge is 0.380 e. The normalized spacial score (nSPS) is 20.9. The number of anilines is 1. The smallest absolute Gasteiger partial charge is 0.249 e. The second-order valence-electron chi connectivity index (χ2n) is 6.11. The van der Waals surface area contributed by atoms with Crippen LogP contribution in [-0.2, 0) is 4.74 Å². The molecule has 0 bridgehead atoms. The first-order chi connectivity index (χ1) is 11.7. The molecule has 0 radical (unpaired) electrons. The lowest BCUT2D eigenvalue weighted by Crippen LogP contribution is -2.26. The summed E-state index contributed by atoms with van der Waals surface area (Å²) in [6.45, 7) is 4.62. The maximum absolute atomic E-state index is 5.59. The van der Waals surface area contributed by atoms with E-state index in [2.05, 4.69) is 38.0 Å². The lowest BCUT2D eigenvalue weighted by molar-refractivity contribution is 0.117. The summed E-state index contributed by atoms with van der Waals surface area (Å²) < 4.78 is 11.0. The molecule has 124 valence electrons. The first-order valence-electron chi connectivity index (χ1n) is 7.97. The van der Waals surface area contributed by atoms with Crippen LogP contribution in [0.3, 0.4) is 0 Å². The van der Waals surface area contributed by atoms with Crippen molar-refractivity contribution < 1.29 is 9.26 Å². The number of aromatic nitrogens is 4. The summed E-state index contributed by atoms with van der Waals surface area (Å²) in [5.74, 6) is 2.13. The third kappa shape index (κ3) is 2.41. The number of benzene rings is 1. The van der Waals surface area contributed by atoms with Crippen LogP contribution in [0.4, 0.5) is 5.82 Å². The predicted molar refractivity (Wildman–Crippen MR) is 88.8 cm³/mol. The van der Waals surface area contributed by atoms with Crippen LogP contribution in [0.1, 0.15) is 29.7 Å². The number of ether oxygens (including phenoxy) is 1. The zero-order valence-electron chi connectivity index (χ0n) is 13.9. The Labute approximate surface area is 139 Å². The minimum atomic E-state index is -0.0474. The number of methoxy groups -OCH3 is 1. The molecule has 7 nitrogen and oxygen atoms in total. The number of hydrogen-bond acceptors (Lipinski definition) is 7. The van der Waals surface area contributed by atoms with Gasteiger partial charge in [-0.1, -0.05) is 17.3 Å². The van der Waals surface area contributed by atoms with E-state index in [0.29, 0.717) is 11.7 Å². The molecule has 24 heavy (non-hydrogen) atoms. The molecule has 1 saturated heterocycles. The van der Waals surface area contributed by atoms with Gasteiger partial charge >= 0.3 is 0 Å². The van der Waals surface area contributed by atoms with Crippen LogP contribution < -0.4 is 4.90 Å². The second-order valence-corrected chi connectivity index (χ2v) is 6.11. The Balaban J connectivity index is 1.84. The van der Waals surface area contributed by atoms with Crippen LogP contribution in [0.2, 0.25) is 0 Å². The average molecular weight is 325 g/mol. The Hall–Kier alpha value is -2.54. The van der Waals surface area contributed by atoms with Gasteiger partial charge in [0, 0.05) is 25.5 Å². The molecular weight excluding hydrogens is 306 g/mol. The van der Waals surface area contributed by atoms with E-state index >= 15 is 0 Å². The first-order valence-corrected chi connectivity index (χ1v) is 7.97. The highest BCUT2D eigenvalue weighted by molar-refractivity contribution is 5.92. The van der Waals surface area contributed by atoms with E-state index in [4.69, 9.17) is 9.26 Å². The lowest BCUT2D eigenvalue weighted by atomic mass is 10.1. The molecule has 7 heteroatoms. The standard InChI is InChI=1S/C17H19N5O2/c1-10-5-4-6-13-15(10)16(19-9-18-13)22-8-12(23-3)7-14(22)17-20-11(2)21-24-17/h4-6,9,12,14H,7-8H2,1-3H3. The summed E-state index contributed by atoms with van der Waals surface area (Å²) in [6.07, 6.45) is 2.49. The van der Waals surface area contributed by atoms with Crippen LogP contribution in [0, 0.1) is 13.8 Å². The summed E-state index contributed by atoms with van der Waals surface area (Å²) >= 11 is 0. The fourth-order valence-corrected chi connectivity index (χ4v) is 3.36. The number of rotatable bonds is 3. The van der Waals surface area contributed by atoms with Crippen LogP contribution in [0.25, 0.3) is 10.9 Å².